The molecule has 1 saturated heterocycles. The van der Waals surface area contributed by atoms with E-state index in [1.165, 1.54) is 66.4 Å². The lowest BCUT2D eigenvalue weighted by molar-refractivity contribution is -0.00730. The number of fused-ring (bicyclic) bond motifs is 1. The van der Waals surface area contributed by atoms with Crippen LogP contribution in [0.25, 0.3) is 11.6 Å². The quantitative estimate of drug-likeness (QED) is 0.472. The van der Waals surface area contributed by atoms with Gasteiger partial charge in [0.15, 0.2) is 0 Å². The lowest BCUT2D eigenvalue weighted by Crippen LogP contribution is -2.49. The van der Waals surface area contributed by atoms with Gasteiger partial charge in [0.1, 0.15) is 6.10 Å². The summed E-state index contributed by atoms with van der Waals surface area (Å²) in [5.74, 6) is 2.49. The predicted octanol–water partition coefficient (Wildman–Crippen LogP) is 5.97. The third-order valence-electron chi connectivity index (χ3n) is 11.3. The molecule has 4 bridgehead atoms. The van der Waals surface area contributed by atoms with Gasteiger partial charge in [0.25, 0.3) is 0 Å². The molecule has 0 amide bonds. The molecule has 5 heteroatoms. The van der Waals surface area contributed by atoms with E-state index in [2.05, 4.69) is 70.2 Å². The van der Waals surface area contributed by atoms with Gasteiger partial charge in [-0.1, -0.05) is 42.5 Å². The molecular weight excluding hydrogens is 483 g/mol. The third-order valence-corrected chi connectivity index (χ3v) is 11.3. The zero-order valence-electron chi connectivity index (χ0n) is 24.0. The van der Waals surface area contributed by atoms with Gasteiger partial charge in [-0.3, -0.25) is 0 Å². The smallest absolute Gasteiger partial charge is 0.399 e. The molecule has 6 aliphatic rings. The van der Waals surface area contributed by atoms with Gasteiger partial charge in [-0.2, -0.15) is 0 Å². The Balaban J connectivity index is 1.21. The van der Waals surface area contributed by atoms with Gasteiger partial charge in [0, 0.05) is 0 Å². The second-order valence-electron chi connectivity index (χ2n) is 14.4. The number of benzene rings is 2. The Morgan fingerprint density at radius 3 is 2.13 bits per heavy atom. The van der Waals surface area contributed by atoms with E-state index in [9.17, 15) is 10.2 Å². The van der Waals surface area contributed by atoms with E-state index in [0.717, 1.165) is 41.6 Å². The molecule has 1 aliphatic heterocycles. The van der Waals surface area contributed by atoms with Crippen molar-refractivity contribution in [3.63, 3.8) is 0 Å². The van der Waals surface area contributed by atoms with Crippen LogP contribution in [0.1, 0.15) is 107 Å². The standard InChI is InChI=1S/C34H43BO4/c1-32(2)33(3,4)39-35(38-32)28-9-7-25-14-24(5-6-26(25)15-28)27-8-10-29(31(37)20-36)30(16-27)34-17-21-11-22(18-34)13-23(12-21)19-34/h7-10,14-16,21-23,31,36-37H,5-6,11-13,17-20H2,1-4H3. The molecule has 5 aliphatic carbocycles. The fourth-order valence-electron chi connectivity index (χ4n) is 8.91. The van der Waals surface area contributed by atoms with E-state index in [4.69, 9.17) is 9.31 Å². The Bertz CT molecular complexity index is 1270. The van der Waals surface area contributed by atoms with E-state index in [1.807, 2.05) is 0 Å². The number of allylic oxidation sites excluding steroid dienone is 1. The van der Waals surface area contributed by atoms with Crippen molar-refractivity contribution in [3.05, 3.63) is 64.2 Å². The summed E-state index contributed by atoms with van der Waals surface area (Å²) >= 11 is 0. The van der Waals surface area contributed by atoms with Gasteiger partial charge in [0.2, 0.25) is 0 Å². The molecule has 8 rings (SSSR count). The molecule has 2 aromatic carbocycles. The van der Waals surface area contributed by atoms with Gasteiger partial charge >= 0.3 is 7.12 Å². The van der Waals surface area contributed by atoms with Crippen LogP contribution in [0.4, 0.5) is 0 Å². The molecule has 1 atom stereocenters. The van der Waals surface area contributed by atoms with Crippen molar-refractivity contribution in [3.8, 4) is 0 Å². The van der Waals surface area contributed by atoms with E-state index in [1.54, 1.807) is 0 Å². The summed E-state index contributed by atoms with van der Waals surface area (Å²) in [7, 11) is -0.334. The number of hydrogen-bond acceptors (Lipinski definition) is 4. The second kappa shape index (κ2) is 9.04. The van der Waals surface area contributed by atoms with Crippen molar-refractivity contribution in [2.24, 2.45) is 17.8 Å². The Hall–Kier alpha value is -1.92. The Morgan fingerprint density at radius 1 is 0.872 bits per heavy atom. The number of aliphatic hydroxyl groups is 2. The van der Waals surface area contributed by atoms with E-state index >= 15 is 0 Å². The Morgan fingerprint density at radius 2 is 1.51 bits per heavy atom. The second-order valence-corrected chi connectivity index (χ2v) is 14.4. The predicted molar refractivity (Wildman–Crippen MR) is 157 cm³/mol. The van der Waals surface area contributed by atoms with Crippen LogP contribution in [0.15, 0.2) is 36.4 Å². The SMILES string of the molecule is CC1(C)OB(c2ccc3c(c2)CCC(c2ccc(C(O)CO)c(C45CC6CC(CC(C6)C4)C5)c2)=C3)OC1(C)C. The maximum Gasteiger partial charge on any atom is 0.494 e. The van der Waals surface area contributed by atoms with Crippen LogP contribution in [0.5, 0.6) is 0 Å². The molecule has 1 unspecified atom stereocenters. The van der Waals surface area contributed by atoms with Gasteiger partial charge in [-0.15, -0.1) is 0 Å². The van der Waals surface area contributed by atoms with Crippen LogP contribution in [0, 0.1) is 17.8 Å². The van der Waals surface area contributed by atoms with Crippen molar-refractivity contribution in [2.75, 3.05) is 6.61 Å². The molecule has 2 N–H and O–H groups in total. The summed E-state index contributed by atoms with van der Waals surface area (Å²) in [5, 5.41) is 20.7. The maximum atomic E-state index is 10.8. The van der Waals surface area contributed by atoms with E-state index < -0.39 is 6.10 Å². The lowest BCUT2D eigenvalue weighted by atomic mass is 9.47. The topological polar surface area (TPSA) is 58.9 Å². The fraction of sp³-hybridized carbons (Fsp3) is 0.588. The summed E-state index contributed by atoms with van der Waals surface area (Å²) in [5.41, 5.74) is 8.10. The highest BCUT2D eigenvalue weighted by molar-refractivity contribution is 6.62. The van der Waals surface area contributed by atoms with Crippen molar-refractivity contribution >= 4 is 24.2 Å². The highest BCUT2D eigenvalue weighted by Gasteiger charge is 2.53. The molecule has 0 radical (unpaired) electrons. The first kappa shape index (κ1) is 26.0. The monoisotopic (exact) mass is 526 g/mol. The van der Waals surface area contributed by atoms with Crippen LogP contribution >= 0.6 is 0 Å². The molecule has 1 heterocycles. The zero-order valence-corrected chi connectivity index (χ0v) is 24.0. The summed E-state index contributed by atoms with van der Waals surface area (Å²) in [4.78, 5) is 0. The first-order chi connectivity index (χ1) is 18.6. The number of rotatable bonds is 5. The maximum absolute atomic E-state index is 10.8. The van der Waals surface area contributed by atoms with Gasteiger partial charge in [-0.25, -0.2) is 0 Å². The number of hydrogen-bond donors (Lipinski definition) is 2. The third kappa shape index (κ3) is 4.27. The molecule has 5 fully saturated rings. The summed E-state index contributed by atoms with van der Waals surface area (Å²) in [6, 6.07) is 13.3. The molecule has 39 heavy (non-hydrogen) atoms. The van der Waals surface area contributed by atoms with Crippen molar-refractivity contribution in [2.45, 2.75) is 102 Å². The first-order valence-corrected chi connectivity index (χ1v) is 15.2. The fourth-order valence-corrected chi connectivity index (χ4v) is 8.91. The Kier molecular flexibility index (Phi) is 6.03. The highest BCUT2D eigenvalue weighted by atomic mass is 16.7. The summed E-state index contributed by atoms with van der Waals surface area (Å²) in [6.45, 7) is 8.18. The largest absolute Gasteiger partial charge is 0.494 e. The van der Waals surface area contributed by atoms with Crippen LogP contribution in [0.3, 0.4) is 0 Å². The molecule has 0 aromatic heterocycles. The minimum Gasteiger partial charge on any atom is -0.399 e. The molecule has 4 saturated carbocycles. The molecule has 4 nitrogen and oxygen atoms in total. The minimum absolute atomic E-state index is 0.168. The van der Waals surface area contributed by atoms with Crippen LogP contribution < -0.4 is 5.46 Å². The van der Waals surface area contributed by atoms with Gasteiger partial charge in [0.05, 0.1) is 17.8 Å². The van der Waals surface area contributed by atoms with Crippen LogP contribution in [-0.4, -0.2) is 35.1 Å². The van der Waals surface area contributed by atoms with E-state index in [0.29, 0.717) is 0 Å². The van der Waals surface area contributed by atoms with Gasteiger partial charge in [-0.05, 0) is 141 Å². The van der Waals surface area contributed by atoms with Crippen LogP contribution in [0.2, 0.25) is 0 Å². The molecule has 0 spiro atoms. The number of aryl methyl sites for hydroxylation is 1. The van der Waals surface area contributed by atoms with E-state index in [-0.39, 0.29) is 30.3 Å². The minimum atomic E-state index is -0.809. The normalized spacial score (nSPS) is 32.7. The average Bonchev–Trinajstić information content (AvgIpc) is 3.13. The Labute approximate surface area is 234 Å². The molecule has 2 aromatic rings. The van der Waals surface area contributed by atoms with Crippen LogP contribution in [-0.2, 0) is 21.1 Å². The summed E-state index contributed by atoms with van der Waals surface area (Å²) < 4.78 is 12.6. The molecular formula is C34H43BO4. The lowest BCUT2D eigenvalue weighted by Gasteiger charge is -2.57. The number of aliphatic hydroxyl groups excluding tert-OH is 2. The molecule has 206 valence electrons. The zero-order chi connectivity index (χ0) is 27.2. The van der Waals surface area contributed by atoms with Gasteiger partial charge < -0.3 is 19.5 Å². The van der Waals surface area contributed by atoms with Crippen molar-refractivity contribution in [1.29, 1.82) is 0 Å². The first-order valence-electron chi connectivity index (χ1n) is 15.2. The van der Waals surface area contributed by atoms with Crippen molar-refractivity contribution in [1.82, 2.24) is 0 Å². The highest BCUT2D eigenvalue weighted by Crippen LogP contribution is 2.61. The summed E-state index contributed by atoms with van der Waals surface area (Å²) in [6.07, 6.45) is 11.5. The average molecular weight is 527 g/mol. The van der Waals surface area contributed by atoms with Crippen molar-refractivity contribution < 1.29 is 19.5 Å².